The maximum absolute atomic E-state index is 6.03. The van der Waals surface area contributed by atoms with E-state index in [9.17, 15) is 0 Å². The molecule has 3 N–H and O–H groups in total. The monoisotopic (exact) mass is 266 g/mol. The van der Waals surface area contributed by atoms with Gasteiger partial charge >= 0.3 is 0 Å². The zero-order chi connectivity index (χ0) is 13.8. The number of aromatic nitrogens is 2. The van der Waals surface area contributed by atoms with Crippen LogP contribution in [0.3, 0.4) is 0 Å². The van der Waals surface area contributed by atoms with Crippen molar-refractivity contribution < 1.29 is 4.74 Å². The highest BCUT2D eigenvalue weighted by Crippen LogP contribution is 2.25. The molecule has 1 fully saturated rings. The third-order valence-corrected chi connectivity index (χ3v) is 2.96. The first-order valence-corrected chi connectivity index (χ1v) is 6.53. The Morgan fingerprint density at radius 3 is 2.58 bits per heavy atom. The summed E-state index contributed by atoms with van der Waals surface area (Å²) in [5.74, 6) is 1.04. The summed E-state index contributed by atoms with van der Waals surface area (Å²) in [6, 6.07) is 0. The highest BCUT2D eigenvalue weighted by molar-refractivity contribution is 5.65. The lowest BCUT2D eigenvalue weighted by Gasteiger charge is -2.32. The molecule has 1 aromatic heterocycles. The van der Waals surface area contributed by atoms with Gasteiger partial charge in [0.25, 0.3) is 0 Å². The van der Waals surface area contributed by atoms with Crippen molar-refractivity contribution in [3.05, 3.63) is 6.33 Å². The van der Waals surface area contributed by atoms with Crippen LogP contribution in [-0.4, -0.2) is 59.2 Å². The maximum Gasteiger partial charge on any atom is 0.242 e. The number of likely N-dealkylation sites (N-methyl/N-ethyl adjacent to an activating group) is 1. The number of hydrazine groups is 1. The second kappa shape index (κ2) is 6.03. The van der Waals surface area contributed by atoms with Crippen molar-refractivity contribution in [2.45, 2.75) is 20.0 Å². The fraction of sp³-hybridized carbons (Fsp3) is 0.667. The van der Waals surface area contributed by atoms with E-state index in [2.05, 4.69) is 32.4 Å². The van der Waals surface area contributed by atoms with Crippen LogP contribution in [0, 0.1) is 0 Å². The lowest BCUT2D eigenvalue weighted by Crippen LogP contribution is -2.47. The van der Waals surface area contributed by atoms with E-state index in [-0.39, 0.29) is 6.10 Å². The van der Waals surface area contributed by atoms with E-state index >= 15 is 0 Å². The second-order valence-electron chi connectivity index (χ2n) is 5.01. The minimum absolute atomic E-state index is 0.0358. The zero-order valence-corrected chi connectivity index (χ0v) is 11.8. The predicted molar refractivity (Wildman–Crippen MR) is 74.9 cm³/mol. The zero-order valence-electron chi connectivity index (χ0n) is 11.8. The average Bonchev–Trinajstić information content (AvgIpc) is 2.36. The molecule has 0 unspecified atom stereocenters. The van der Waals surface area contributed by atoms with Crippen molar-refractivity contribution >= 4 is 11.5 Å². The molecule has 7 nitrogen and oxygen atoms in total. The Morgan fingerprint density at radius 1 is 1.26 bits per heavy atom. The fourth-order valence-corrected chi connectivity index (χ4v) is 1.85. The summed E-state index contributed by atoms with van der Waals surface area (Å²) in [6.45, 7) is 7.78. The molecule has 0 aliphatic carbocycles. The van der Waals surface area contributed by atoms with E-state index in [0.717, 1.165) is 26.2 Å². The molecule has 2 heterocycles. The molecular weight excluding hydrogens is 244 g/mol. The van der Waals surface area contributed by atoms with Crippen molar-refractivity contribution in [2.24, 2.45) is 0 Å². The molecule has 7 heteroatoms. The lowest BCUT2D eigenvalue weighted by atomic mass is 10.4. The van der Waals surface area contributed by atoms with Gasteiger partial charge in [0.1, 0.15) is 12.0 Å². The summed E-state index contributed by atoms with van der Waals surface area (Å²) in [6.07, 6.45) is 1.50. The van der Waals surface area contributed by atoms with Gasteiger partial charge in [-0.1, -0.05) is 0 Å². The Balaban J connectivity index is 2.04. The van der Waals surface area contributed by atoms with E-state index in [4.69, 9.17) is 10.5 Å². The molecular formula is C12H22N6O. The van der Waals surface area contributed by atoms with E-state index in [1.54, 1.807) is 0 Å². The van der Waals surface area contributed by atoms with Gasteiger partial charge in [-0.3, -0.25) is 0 Å². The van der Waals surface area contributed by atoms with Crippen LogP contribution in [0.25, 0.3) is 0 Å². The van der Waals surface area contributed by atoms with Crippen LogP contribution in [0.15, 0.2) is 6.33 Å². The molecule has 0 atom stereocenters. The second-order valence-corrected chi connectivity index (χ2v) is 5.01. The largest absolute Gasteiger partial charge is 0.473 e. The predicted octanol–water partition coefficient (Wildman–Crippen LogP) is 0.420. The van der Waals surface area contributed by atoms with Crippen molar-refractivity contribution in [3.8, 4) is 5.88 Å². The molecule has 0 spiro atoms. The van der Waals surface area contributed by atoms with Gasteiger partial charge in [0, 0.05) is 26.2 Å². The van der Waals surface area contributed by atoms with E-state index in [1.165, 1.54) is 6.33 Å². The first kappa shape index (κ1) is 13.8. The third kappa shape index (κ3) is 3.68. The van der Waals surface area contributed by atoms with E-state index in [0.29, 0.717) is 17.4 Å². The highest BCUT2D eigenvalue weighted by Gasteiger charge is 2.17. The normalized spacial score (nSPS) is 17.7. The standard InChI is InChI=1S/C12H22N6O/c1-9(2)19-12-10(13)11(14-8-15-12)16-18-6-4-17(3)5-7-18/h8-9H,4-7,13H2,1-3H3,(H,14,15,16). The van der Waals surface area contributed by atoms with Gasteiger partial charge in [-0.15, -0.1) is 0 Å². The molecule has 1 aliphatic rings. The van der Waals surface area contributed by atoms with Crippen LogP contribution < -0.4 is 15.9 Å². The number of anilines is 2. The maximum atomic E-state index is 6.03. The summed E-state index contributed by atoms with van der Waals surface area (Å²) in [5, 5.41) is 2.11. The van der Waals surface area contributed by atoms with E-state index < -0.39 is 0 Å². The number of piperazine rings is 1. The molecule has 1 aromatic rings. The number of nitrogens with one attached hydrogen (secondary N) is 1. The molecule has 0 aromatic carbocycles. The summed E-state index contributed by atoms with van der Waals surface area (Å²) in [4.78, 5) is 10.5. The van der Waals surface area contributed by atoms with Gasteiger partial charge in [-0.25, -0.2) is 9.99 Å². The van der Waals surface area contributed by atoms with Gasteiger partial charge in [0.05, 0.1) is 6.10 Å². The van der Waals surface area contributed by atoms with Crippen LogP contribution in [0.1, 0.15) is 13.8 Å². The Labute approximate surface area is 113 Å². The first-order valence-electron chi connectivity index (χ1n) is 6.53. The van der Waals surface area contributed by atoms with Crippen molar-refractivity contribution in [1.29, 1.82) is 0 Å². The third-order valence-electron chi connectivity index (χ3n) is 2.96. The van der Waals surface area contributed by atoms with Crippen molar-refractivity contribution in [2.75, 3.05) is 44.4 Å². The molecule has 1 saturated heterocycles. The Hall–Kier alpha value is -1.60. The Morgan fingerprint density at radius 2 is 1.95 bits per heavy atom. The number of ether oxygens (including phenoxy) is 1. The topological polar surface area (TPSA) is 79.5 Å². The van der Waals surface area contributed by atoms with Crippen LogP contribution in [0.2, 0.25) is 0 Å². The number of rotatable bonds is 4. The number of hydrogen-bond acceptors (Lipinski definition) is 7. The average molecular weight is 266 g/mol. The van der Waals surface area contributed by atoms with Crippen LogP contribution in [0.4, 0.5) is 11.5 Å². The summed E-state index contributed by atoms with van der Waals surface area (Å²) < 4.78 is 5.55. The van der Waals surface area contributed by atoms with Crippen LogP contribution in [-0.2, 0) is 0 Å². The minimum Gasteiger partial charge on any atom is -0.473 e. The molecule has 0 saturated carbocycles. The molecule has 106 valence electrons. The molecule has 2 rings (SSSR count). The smallest absolute Gasteiger partial charge is 0.242 e. The van der Waals surface area contributed by atoms with Crippen molar-refractivity contribution in [1.82, 2.24) is 19.9 Å². The summed E-state index contributed by atoms with van der Waals surface area (Å²) in [7, 11) is 2.12. The Bertz CT molecular complexity index is 417. The van der Waals surface area contributed by atoms with Gasteiger partial charge in [-0.2, -0.15) is 4.98 Å². The minimum atomic E-state index is 0.0358. The number of hydrogen-bond donors (Lipinski definition) is 2. The number of nitrogens with zero attached hydrogens (tertiary/aromatic N) is 4. The molecule has 0 bridgehead atoms. The van der Waals surface area contributed by atoms with Crippen LogP contribution in [0.5, 0.6) is 5.88 Å². The lowest BCUT2D eigenvalue weighted by molar-refractivity contribution is 0.178. The SMILES string of the molecule is CC(C)Oc1ncnc(NN2CCN(C)CC2)c1N. The van der Waals surface area contributed by atoms with Crippen LogP contribution >= 0.6 is 0 Å². The van der Waals surface area contributed by atoms with Crippen molar-refractivity contribution in [3.63, 3.8) is 0 Å². The summed E-state index contributed by atoms with van der Waals surface area (Å²) >= 11 is 0. The molecule has 1 aliphatic heterocycles. The summed E-state index contributed by atoms with van der Waals surface area (Å²) in [5.41, 5.74) is 9.71. The fourth-order valence-electron chi connectivity index (χ4n) is 1.85. The quantitative estimate of drug-likeness (QED) is 0.817. The van der Waals surface area contributed by atoms with Gasteiger partial charge in [0.15, 0.2) is 5.82 Å². The number of nitrogen functional groups attached to an aromatic ring is 1. The highest BCUT2D eigenvalue weighted by atomic mass is 16.5. The Kier molecular flexibility index (Phi) is 4.39. The van der Waals surface area contributed by atoms with Gasteiger partial charge in [0.2, 0.25) is 5.88 Å². The molecule has 0 amide bonds. The van der Waals surface area contributed by atoms with E-state index in [1.807, 2.05) is 13.8 Å². The van der Waals surface area contributed by atoms with Gasteiger partial charge in [-0.05, 0) is 20.9 Å². The van der Waals surface area contributed by atoms with Gasteiger partial charge < -0.3 is 20.8 Å². The molecule has 19 heavy (non-hydrogen) atoms. The number of nitrogens with two attached hydrogens (primary N) is 1. The first-order chi connectivity index (χ1) is 9.06. The molecule has 0 radical (unpaired) electrons.